The minimum atomic E-state index is -4.86. The first-order chi connectivity index (χ1) is 15.7. The van der Waals surface area contributed by atoms with Crippen LogP contribution in [0.4, 0.5) is 13.2 Å². The zero-order chi connectivity index (χ0) is 23.9. The van der Waals surface area contributed by atoms with Gasteiger partial charge in [-0.1, -0.05) is 23.7 Å². The summed E-state index contributed by atoms with van der Waals surface area (Å²) in [5.74, 6) is -2.25. The van der Waals surface area contributed by atoms with E-state index in [1.807, 2.05) is 0 Å². The maximum absolute atomic E-state index is 13.8. The number of carboxylic acid groups (broad SMARTS) is 1. The predicted molar refractivity (Wildman–Crippen MR) is 109 cm³/mol. The fourth-order valence-electron chi connectivity index (χ4n) is 3.82. The molecule has 8 nitrogen and oxygen atoms in total. The number of aromatic nitrogens is 3. The number of ether oxygens (including phenoxy) is 3. The molecule has 0 fully saturated rings. The lowest BCUT2D eigenvalue weighted by molar-refractivity contribution is -0.146. The summed E-state index contributed by atoms with van der Waals surface area (Å²) < 4.78 is 59.1. The largest absolute Gasteiger partial charge is 0.493 e. The van der Waals surface area contributed by atoms with E-state index < -0.39 is 36.6 Å². The first kappa shape index (κ1) is 22.9. The van der Waals surface area contributed by atoms with Crippen LogP contribution in [0.15, 0.2) is 36.4 Å². The van der Waals surface area contributed by atoms with Crippen molar-refractivity contribution in [2.45, 2.75) is 24.8 Å². The van der Waals surface area contributed by atoms with Gasteiger partial charge in [0.1, 0.15) is 12.2 Å². The first-order valence-electron chi connectivity index (χ1n) is 9.56. The van der Waals surface area contributed by atoms with Crippen molar-refractivity contribution in [3.63, 3.8) is 0 Å². The van der Waals surface area contributed by atoms with Crippen molar-refractivity contribution in [1.82, 2.24) is 14.8 Å². The molecular formula is C21H17ClF3N3O5. The summed E-state index contributed by atoms with van der Waals surface area (Å²) in [6.07, 6.45) is -7.93. The molecule has 4 rings (SSSR count). The van der Waals surface area contributed by atoms with Crippen molar-refractivity contribution in [2.24, 2.45) is 0 Å². The van der Waals surface area contributed by atoms with Gasteiger partial charge in [0.05, 0.1) is 26.3 Å². The number of halogens is 4. The van der Waals surface area contributed by atoms with Crippen LogP contribution in [0.3, 0.4) is 0 Å². The Morgan fingerprint density at radius 3 is 2.58 bits per heavy atom. The molecule has 0 amide bonds. The van der Waals surface area contributed by atoms with E-state index in [4.69, 9.17) is 25.8 Å². The summed E-state index contributed by atoms with van der Waals surface area (Å²) in [5, 5.41) is 16.6. The summed E-state index contributed by atoms with van der Waals surface area (Å²) in [4.78, 5) is 11.6. The molecule has 1 aliphatic heterocycles. The molecule has 33 heavy (non-hydrogen) atoms. The summed E-state index contributed by atoms with van der Waals surface area (Å²) >= 11 is 6.20. The molecule has 2 aromatic carbocycles. The molecular weight excluding hydrogens is 467 g/mol. The molecule has 174 valence electrons. The molecule has 0 radical (unpaired) electrons. The van der Waals surface area contributed by atoms with Crippen molar-refractivity contribution in [3.05, 3.63) is 64.2 Å². The Labute approximate surface area is 190 Å². The lowest BCUT2D eigenvalue weighted by atomic mass is 9.98. The summed E-state index contributed by atoms with van der Waals surface area (Å²) in [7, 11) is 2.84. The zero-order valence-corrected chi connectivity index (χ0v) is 18.0. The van der Waals surface area contributed by atoms with Crippen LogP contribution in [0.25, 0.3) is 5.69 Å². The molecule has 0 bridgehead atoms. The van der Waals surface area contributed by atoms with Gasteiger partial charge in [0.2, 0.25) is 5.82 Å². The van der Waals surface area contributed by atoms with Gasteiger partial charge in [-0.25, -0.2) is 0 Å². The van der Waals surface area contributed by atoms with Crippen LogP contribution >= 0.6 is 11.6 Å². The van der Waals surface area contributed by atoms with Gasteiger partial charge >= 0.3 is 12.1 Å². The number of hydrogen-bond donors (Lipinski definition) is 1. The molecule has 3 aromatic rings. The molecule has 0 spiro atoms. The Morgan fingerprint density at radius 2 is 1.94 bits per heavy atom. The first-order valence-corrected chi connectivity index (χ1v) is 9.94. The van der Waals surface area contributed by atoms with Crippen LogP contribution in [0, 0.1) is 0 Å². The molecule has 1 N–H and O–H groups in total. The second-order valence-corrected chi connectivity index (χ2v) is 7.54. The van der Waals surface area contributed by atoms with Crippen LogP contribution in [0.1, 0.15) is 41.4 Å². The molecule has 1 aliphatic rings. The van der Waals surface area contributed by atoms with Gasteiger partial charge in [-0.15, -0.1) is 10.2 Å². The van der Waals surface area contributed by atoms with E-state index in [2.05, 4.69) is 10.2 Å². The minimum absolute atomic E-state index is 0.0505. The number of nitrogens with zero attached hydrogens (tertiary/aromatic N) is 3. The van der Waals surface area contributed by atoms with E-state index in [1.165, 1.54) is 32.4 Å². The number of carbonyl (C=O) groups is 1. The second kappa shape index (κ2) is 8.56. The van der Waals surface area contributed by atoms with Crippen molar-refractivity contribution in [3.8, 4) is 17.2 Å². The Morgan fingerprint density at radius 1 is 1.18 bits per heavy atom. The highest BCUT2D eigenvalue weighted by Gasteiger charge is 2.43. The van der Waals surface area contributed by atoms with Crippen molar-refractivity contribution in [2.75, 3.05) is 14.2 Å². The number of carboxylic acids is 1. The van der Waals surface area contributed by atoms with Gasteiger partial charge < -0.3 is 19.3 Å². The number of fused-ring (bicyclic) bond motifs is 3. The third kappa shape index (κ3) is 4.09. The minimum Gasteiger partial charge on any atom is -0.493 e. The van der Waals surface area contributed by atoms with Crippen molar-refractivity contribution >= 4 is 17.6 Å². The standard InChI is InChI=1S/C21H17ClF3N3O5/c1-31-14-5-3-4-11(18(14)32-2)17-12-8-10(22)6-7-13(12)28-19(15(33-17)9-16(29)30)26-27-20(28)21(23,24)25/h3-8,15,17H,9H2,1-2H3,(H,29,30)/t15-,17-/m0/s1. The van der Waals surface area contributed by atoms with Crippen LogP contribution in [0.2, 0.25) is 5.02 Å². The van der Waals surface area contributed by atoms with Gasteiger partial charge in [-0.05, 0) is 24.3 Å². The van der Waals surface area contributed by atoms with E-state index in [0.29, 0.717) is 11.3 Å². The normalized spacial score (nSPS) is 17.6. The lowest BCUT2D eigenvalue weighted by Crippen LogP contribution is -2.17. The van der Waals surface area contributed by atoms with E-state index in [9.17, 15) is 23.1 Å². The Balaban J connectivity index is 2.04. The van der Waals surface area contributed by atoms with Gasteiger partial charge in [0.15, 0.2) is 17.3 Å². The fourth-order valence-corrected chi connectivity index (χ4v) is 4.00. The summed E-state index contributed by atoms with van der Waals surface area (Å²) in [6.45, 7) is 0. The van der Waals surface area contributed by atoms with Gasteiger partial charge in [-0.3, -0.25) is 9.36 Å². The quantitative estimate of drug-likeness (QED) is 0.567. The van der Waals surface area contributed by atoms with E-state index in [1.54, 1.807) is 18.2 Å². The smallest absolute Gasteiger partial charge is 0.452 e. The number of aliphatic carboxylic acids is 1. The van der Waals surface area contributed by atoms with Gasteiger partial charge in [-0.2, -0.15) is 13.2 Å². The number of para-hydroxylation sites is 1. The zero-order valence-electron chi connectivity index (χ0n) is 17.3. The molecule has 2 atom stereocenters. The molecule has 12 heteroatoms. The van der Waals surface area contributed by atoms with Crippen LogP contribution in [-0.4, -0.2) is 40.1 Å². The highest BCUT2D eigenvalue weighted by molar-refractivity contribution is 6.30. The topological polar surface area (TPSA) is 95.7 Å². The maximum Gasteiger partial charge on any atom is 0.452 e. The van der Waals surface area contributed by atoms with Gasteiger partial charge in [0.25, 0.3) is 0 Å². The number of alkyl halides is 3. The fraction of sp³-hybridized carbons (Fsp3) is 0.286. The Bertz CT molecular complexity index is 1210. The highest BCUT2D eigenvalue weighted by Crippen LogP contribution is 2.47. The third-order valence-corrected chi connectivity index (χ3v) is 5.35. The molecule has 0 saturated carbocycles. The summed E-state index contributed by atoms with van der Waals surface area (Å²) in [5.41, 5.74) is 0.700. The molecule has 0 aliphatic carbocycles. The third-order valence-electron chi connectivity index (χ3n) is 5.12. The van der Waals surface area contributed by atoms with E-state index in [0.717, 1.165) is 4.57 Å². The second-order valence-electron chi connectivity index (χ2n) is 7.10. The number of benzene rings is 2. The predicted octanol–water partition coefficient (Wildman–Crippen LogP) is 4.59. The van der Waals surface area contributed by atoms with Crippen molar-refractivity contribution in [1.29, 1.82) is 0 Å². The average molecular weight is 484 g/mol. The average Bonchev–Trinajstić information content (AvgIpc) is 3.16. The van der Waals surface area contributed by atoms with Crippen LogP contribution < -0.4 is 9.47 Å². The Hall–Kier alpha value is -3.31. The molecule has 0 unspecified atom stereocenters. The number of methoxy groups -OCH3 is 2. The lowest BCUT2D eigenvalue weighted by Gasteiger charge is -2.24. The molecule has 0 saturated heterocycles. The molecule has 2 heterocycles. The SMILES string of the molecule is COc1cccc([C@@H]2O[C@@H](CC(=O)O)c3nnc(C(F)(F)F)n3-c3ccc(Cl)cc32)c1OC. The maximum atomic E-state index is 13.8. The monoisotopic (exact) mass is 483 g/mol. The molecule has 1 aromatic heterocycles. The van der Waals surface area contributed by atoms with E-state index >= 15 is 0 Å². The number of rotatable bonds is 5. The Kier molecular flexibility index (Phi) is 5.93. The van der Waals surface area contributed by atoms with E-state index in [-0.39, 0.29) is 27.8 Å². The number of hydrogen-bond acceptors (Lipinski definition) is 6. The highest BCUT2D eigenvalue weighted by atomic mass is 35.5. The van der Waals surface area contributed by atoms with Gasteiger partial charge in [0, 0.05) is 16.1 Å². The van der Waals surface area contributed by atoms with Crippen molar-refractivity contribution < 1.29 is 37.3 Å². The summed E-state index contributed by atoms with van der Waals surface area (Å²) in [6, 6.07) is 9.19. The van der Waals surface area contributed by atoms with Crippen LogP contribution in [-0.2, 0) is 15.7 Å². The van der Waals surface area contributed by atoms with Crippen LogP contribution in [0.5, 0.6) is 11.5 Å².